The fraction of sp³-hybridized carbons (Fsp3) is 0.429. The van der Waals surface area contributed by atoms with E-state index >= 15 is 0 Å². The molecule has 1 heterocycles. The molecular weight excluding hydrogens is 286 g/mol. The maximum absolute atomic E-state index is 11.0. The van der Waals surface area contributed by atoms with Gasteiger partial charge >= 0.3 is 0 Å². The van der Waals surface area contributed by atoms with Crippen LogP contribution in [0, 0.1) is 21.4 Å². The Labute approximate surface area is 127 Å². The summed E-state index contributed by atoms with van der Waals surface area (Å²) in [4.78, 5) is 25.3. The fourth-order valence-electron chi connectivity index (χ4n) is 2.59. The van der Waals surface area contributed by atoms with Gasteiger partial charge in [0.2, 0.25) is 5.91 Å². The molecule has 0 saturated carbocycles. The van der Waals surface area contributed by atoms with E-state index in [0.29, 0.717) is 18.8 Å². The molecule has 22 heavy (non-hydrogen) atoms. The lowest BCUT2D eigenvalue weighted by molar-refractivity contribution is -0.384. The van der Waals surface area contributed by atoms with Crippen LogP contribution in [0.25, 0.3) is 0 Å². The van der Waals surface area contributed by atoms with Crippen LogP contribution in [0.15, 0.2) is 18.2 Å². The Kier molecular flexibility index (Phi) is 4.91. The number of carbonyl (C=O) groups is 1. The monoisotopic (exact) mass is 303 g/mol. The average Bonchev–Trinajstić information content (AvgIpc) is 2.71. The molecule has 1 aliphatic heterocycles. The maximum Gasteiger partial charge on any atom is 0.270 e. The van der Waals surface area contributed by atoms with Gasteiger partial charge in [-0.3, -0.25) is 19.8 Å². The summed E-state index contributed by atoms with van der Waals surface area (Å²) in [7, 11) is 0. The third kappa shape index (κ3) is 3.71. The van der Waals surface area contributed by atoms with Crippen molar-refractivity contribution in [2.75, 3.05) is 37.6 Å². The first-order chi connectivity index (χ1) is 10.5. The summed E-state index contributed by atoms with van der Waals surface area (Å²) < 4.78 is 0. The van der Waals surface area contributed by atoms with Crippen molar-refractivity contribution in [1.29, 1.82) is 5.26 Å². The summed E-state index contributed by atoms with van der Waals surface area (Å²) >= 11 is 0. The molecule has 0 radical (unpaired) electrons. The van der Waals surface area contributed by atoms with Crippen molar-refractivity contribution < 1.29 is 9.72 Å². The number of anilines is 1. The van der Waals surface area contributed by atoms with Crippen LogP contribution in [0.2, 0.25) is 0 Å². The summed E-state index contributed by atoms with van der Waals surface area (Å²) in [5.41, 5.74) is 6.10. The fourth-order valence-corrected chi connectivity index (χ4v) is 2.59. The Morgan fingerprint density at radius 1 is 1.36 bits per heavy atom. The van der Waals surface area contributed by atoms with Crippen molar-refractivity contribution in [3.63, 3.8) is 0 Å². The van der Waals surface area contributed by atoms with E-state index < -0.39 is 4.92 Å². The number of benzene rings is 1. The molecule has 0 aliphatic carbocycles. The minimum atomic E-state index is -0.512. The van der Waals surface area contributed by atoms with Gasteiger partial charge in [0.05, 0.1) is 22.7 Å². The lowest BCUT2D eigenvalue weighted by Crippen LogP contribution is -2.36. The smallest absolute Gasteiger partial charge is 0.270 e. The molecule has 0 unspecified atom stereocenters. The number of hydrogen-bond acceptors (Lipinski definition) is 6. The number of non-ortho nitro benzene ring substituents is 1. The molecule has 0 aromatic heterocycles. The molecule has 2 N–H and O–H groups in total. The van der Waals surface area contributed by atoms with Gasteiger partial charge in [-0.15, -0.1) is 0 Å². The maximum atomic E-state index is 11.0. The van der Waals surface area contributed by atoms with Crippen molar-refractivity contribution in [3.8, 4) is 6.07 Å². The standard InChI is InChI=1S/C14H17N5O3/c15-9-11-8-12(19(21)22)2-3-13(11)18-5-1-4-17(6-7-18)10-14(16)20/h2-3,8H,1,4-7,10H2,(H2,16,20). The third-order valence-electron chi connectivity index (χ3n) is 3.62. The van der Waals surface area contributed by atoms with Gasteiger partial charge < -0.3 is 10.6 Å². The summed E-state index contributed by atoms with van der Waals surface area (Å²) in [5.74, 6) is -0.360. The Balaban J connectivity index is 2.16. The topological polar surface area (TPSA) is 116 Å². The van der Waals surface area contributed by atoms with Crippen LogP contribution in [-0.4, -0.2) is 48.5 Å². The van der Waals surface area contributed by atoms with Crippen LogP contribution in [0.3, 0.4) is 0 Å². The predicted molar refractivity (Wildman–Crippen MR) is 80.3 cm³/mol. The van der Waals surface area contributed by atoms with E-state index in [2.05, 4.69) is 0 Å². The second kappa shape index (κ2) is 6.87. The molecule has 1 fully saturated rings. The number of nitro groups is 1. The van der Waals surface area contributed by atoms with E-state index in [1.807, 2.05) is 15.9 Å². The van der Waals surface area contributed by atoms with E-state index in [9.17, 15) is 20.2 Å². The van der Waals surface area contributed by atoms with Gasteiger partial charge in [-0.25, -0.2) is 0 Å². The van der Waals surface area contributed by atoms with Crippen molar-refractivity contribution >= 4 is 17.3 Å². The second-order valence-electron chi connectivity index (χ2n) is 5.15. The van der Waals surface area contributed by atoms with Gasteiger partial charge in [-0.05, 0) is 12.5 Å². The molecule has 1 aromatic rings. The molecule has 116 valence electrons. The lowest BCUT2D eigenvalue weighted by atomic mass is 10.1. The van der Waals surface area contributed by atoms with E-state index in [4.69, 9.17) is 5.73 Å². The van der Waals surface area contributed by atoms with E-state index in [1.54, 1.807) is 6.07 Å². The van der Waals surface area contributed by atoms with Crippen molar-refractivity contribution in [1.82, 2.24) is 4.90 Å². The van der Waals surface area contributed by atoms with Crippen LogP contribution in [0.4, 0.5) is 11.4 Å². The van der Waals surface area contributed by atoms with Gasteiger partial charge in [0.15, 0.2) is 0 Å². The molecule has 1 aliphatic rings. The Hall–Kier alpha value is -2.66. The molecule has 0 spiro atoms. The van der Waals surface area contributed by atoms with Crippen molar-refractivity contribution in [2.24, 2.45) is 5.73 Å². The summed E-state index contributed by atoms with van der Waals surface area (Å²) in [6.07, 6.45) is 0.829. The first-order valence-corrected chi connectivity index (χ1v) is 6.95. The molecule has 8 nitrogen and oxygen atoms in total. The van der Waals surface area contributed by atoms with E-state index in [1.165, 1.54) is 12.1 Å². The molecule has 0 atom stereocenters. The zero-order valence-corrected chi connectivity index (χ0v) is 12.1. The third-order valence-corrected chi connectivity index (χ3v) is 3.62. The quantitative estimate of drug-likeness (QED) is 0.638. The second-order valence-corrected chi connectivity index (χ2v) is 5.15. The molecule has 1 saturated heterocycles. The average molecular weight is 303 g/mol. The van der Waals surface area contributed by atoms with E-state index in [0.717, 1.165) is 19.5 Å². The molecule has 0 bridgehead atoms. The number of nitrogens with zero attached hydrogens (tertiary/aromatic N) is 4. The lowest BCUT2D eigenvalue weighted by Gasteiger charge is -2.24. The van der Waals surface area contributed by atoms with Gasteiger partial charge in [0.25, 0.3) is 5.69 Å². The van der Waals surface area contributed by atoms with Crippen molar-refractivity contribution in [3.05, 3.63) is 33.9 Å². The first kappa shape index (κ1) is 15.7. The van der Waals surface area contributed by atoms with Crippen LogP contribution in [0.5, 0.6) is 0 Å². The Bertz CT molecular complexity index is 625. The SMILES string of the molecule is N#Cc1cc([N+](=O)[O-])ccc1N1CCCN(CC(N)=O)CC1. The summed E-state index contributed by atoms with van der Waals surface area (Å²) in [6.45, 7) is 3.00. The highest BCUT2D eigenvalue weighted by Crippen LogP contribution is 2.25. The van der Waals surface area contributed by atoms with Crippen LogP contribution in [0.1, 0.15) is 12.0 Å². The summed E-state index contributed by atoms with van der Waals surface area (Å²) in [5, 5.41) is 20.0. The molecule has 2 rings (SSSR count). The zero-order chi connectivity index (χ0) is 16.1. The summed E-state index contributed by atoms with van der Waals surface area (Å²) in [6, 6.07) is 6.33. The van der Waals surface area contributed by atoms with Crippen LogP contribution < -0.4 is 10.6 Å². The Morgan fingerprint density at radius 2 is 2.14 bits per heavy atom. The molecule has 1 aromatic carbocycles. The Morgan fingerprint density at radius 3 is 2.77 bits per heavy atom. The number of nitriles is 1. The van der Waals surface area contributed by atoms with Gasteiger partial charge in [0, 0.05) is 38.3 Å². The number of amides is 1. The highest BCUT2D eigenvalue weighted by atomic mass is 16.6. The van der Waals surface area contributed by atoms with E-state index in [-0.39, 0.29) is 23.7 Å². The number of rotatable bonds is 4. The highest BCUT2D eigenvalue weighted by molar-refractivity contribution is 5.75. The number of hydrogen-bond donors (Lipinski definition) is 1. The highest BCUT2D eigenvalue weighted by Gasteiger charge is 2.20. The number of nitrogens with two attached hydrogens (primary N) is 1. The first-order valence-electron chi connectivity index (χ1n) is 6.95. The molecular formula is C14H17N5O3. The van der Waals surface area contributed by atoms with Gasteiger partial charge in [0.1, 0.15) is 6.07 Å². The van der Waals surface area contributed by atoms with Gasteiger partial charge in [-0.1, -0.05) is 0 Å². The van der Waals surface area contributed by atoms with Crippen LogP contribution >= 0.6 is 0 Å². The number of nitro benzene ring substituents is 1. The minimum absolute atomic E-state index is 0.0922. The van der Waals surface area contributed by atoms with Crippen molar-refractivity contribution in [2.45, 2.75) is 6.42 Å². The van der Waals surface area contributed by atoms with Crippen LogP contribution in [-0.2, 0) is 4.79 Å². The van der Waals surface area contributed by atoms with Gasteiger partial charge in [-0.2, -0.15) is 5.26 Å². The minimum Gasteiger partial charge on any atom is -0.369 e. The number of carbonyl (C=O) groups excluding carboxylic acids is 1. The normalized spacial score (nSPS) is 15.9. The number of primary amides is 1. The molecule has 8 heteroatoms. The molecule has 1 amide bonds. The largest absolute Gasteiger partial charge is 0.369 e. The predicted octanol–water partition coefficient (Wildman–Crippen LogP) is 0.464. The zero-order valence-electron chi connectivity index (χ0n) is 12.1.